The van der Waals surface area contributed by atoms with E-state index in [1.54, 1.807) is 5.01 Å². The number of rotatable bonds is 2. The van der Waals surface area contributed by atoms with Crippen molar-refractivity contribution < 1.29 is 14.9 Å². The van der Waals surface area contributed by atoms with Gasteiger partial charge in [0.05, 0.1) is 25.4 Å². The number of aliphatic hydroxyl groups is 2. The molecule has 1 fully saturated rings. The van der Waals surface area contributed by atoms with Crippen molar-refractivity contribution in [1.29, 1.82) is 0 Å². The van der Waals surface area contributed by atoms with Crippen LogP contribution in [-0.2, 0) is 4.74 Å². The van der Waals surface area contributed by atoms with Crippen LogP contribution in [0.2, 0.25) is 0 Å². The SMILES string of the molecule is NC1=NN2C(=NCC2[C@H]2C[C@H](O)[C@@H](CO)O2)C(N)=N1. The standard InChI is InChI=1S/C10H16N6O3/c11-8-9-13-2-4(16(9)15-10(12)14-8)6-1-5(18)7(3-17)19-6/h4-7,17-18H,1-3H2,(H4,11,12,14,15)/t4?,5-,6+,7+/m0/s1. The van der Waals surface area contributed by atoms with Crippen LogP contribution in [0.15, 0.2) is 15.1 Å². The van der Waals surface area contributed by atoms with Gasteiger partial charge in [0.2, 0.25) is 5.96 Å². The second kappa shape index (κ2) is 4.44. The van der Waals surface area contributed by atoms with E-state index in [0.717, 1.165) is 0 Å². The van der Waals surface area contributed by atoms with Crippen LogP contribution >= 0.6 is 0 Å². The molecule has 19 heavy (non-hydrogen) atoms. The summed E-state index contributed by atoms with van der Waals surface area (Å²) >= 11 is 0. The van der Waals surface area contributed by atoms with Gasteiger partial charge in [-0.2, -0.15) is 4.99 Å². The third kappa shape index (κ3) is 1.95. The fourth-order valence-electron chi connectivity index (χ4n) is 2.56. The molecule has 1 unspecified atom stereocenters. The van der Waals surface area contributed by atoms with Gasteiger partial charge in [-0.3, -0.25) is 4.99 Å². The molecule has 9 heteroatoms. The summed E-state index contributed by atoms with van der Waals surface area (Å²) in [6.45, 7) is 0.227. The second-order valence-electron chi connectivity index (χ2n) is 4.73. The third-order valence-electron chi connectivity index (χ3n) is 3.50. The molecule has 1 saturated heterocycles. The number of hydrogen-bond donors (Lipinski definition) is 4. The minimum atomic E-state index is -0.684. The lowest BCUT2D eigenvalue weighted by molar-refractivity contribution is -0.0375. The molecule has 0 radical (unpaired) electrons. The van der Waals surface area contributed by atoms with Crippen molar-refractivity contribution in [3.8, 4) is 0 Å². The van der Waals surface area contributed by atoms with Crippen molar-refractivity contribution in [2.24, 2.45) is 26.6 Å². The molecule has 0 aromatic carbocycles. The molecule has 3 aliphatic heterocycles. The smallest absolute Gasteiger partial charge is 0.240 e. The molecule has 104 valence electrons. The van der Waals surface area contributed by atoms with E-state index in [1.165, 1.54) is 0 Å². The van der Waals surface area contributed by atoms with Crippen LogP contribution in [-0.4, -0.2) is 70.4 Å². The molecular weight excluding hydrogens is 252 g/mol. The lowest BCUT2D eigenvalue weighted by Crippen LogP contribution is -2.48. The summed E-state index contributed by atoms with van der Waals surface area (Å²) < 4.78 is 5.62. The first-order valence-electron chi connectivity index (χ1n) is 6.07. The Balaban J connectivity index is 1.77. The molecule has 3 heterocycles. The summed E-state index contributed by atoms with van der Waals surface area (Å²) in [5.74, 6) is 0.776. The third-order valence-corrected chi connectivity index (χ3v) is 3.50. The molecule has 0 aromatic heterocycles. The fraction of sp³-hybridized carbons (Fsp3) is 0.700. The number of ether oxygens (including phenoxy) is 1. The lowest BCUT2D eigenvalue weighted by Gasteiger charge is -2.28. The lowest BCUT2D eigenvalue weighted by atomic mass is 10.1. The maximum Gasteiger partial charge on any atom is 0.240 e. The minimum Gasteiger partial charge on any atom is -0.394 e. The first kappa shape index (κ1) is 12.3. The Kier molecular flexibility index (Phi) is 2.88. The van der Waals surface area contributed by atoms with Crippen molar-refractivity contribution >= 4 is 17.6 Å². The highest BCUT2D eigenvalue weighted by molar-refractivity contribution is 6.42. The largest absolute Gasteiger partial charge is 0.394 e. The predicted molar refractivity (Wildman–Crippen MR) is 67.5 cm³/mol. The zero-order chi connectivity index (χ0) is 13.6. The molecule has 6 N–H and O–H groups in total. The maximum absolute atomic E-state index is 9.77. The van der Waals surface area contributed by atoms with Gasteiger partial charge in [-0.25, -0.2) is 5.01 Å². The summed E-state index contributed by atoms with van der Waals surface area (Å²) in [7, 11) is 0. The number of nitrogens with two attached hydrogens (primary N) is 2. The number of nitrogens with zero attached hydrogens (tertiary/aromatic N) is 4. The van der Waals surface area contributed by atoms with E-state index in [9.17, 15) is 5.11 Å². The quantitative estimate of drug-likeness (QED) is 0.425. The Hall–Kier alpha value is -1.71. The zero-order valence-corrected chi connectivity index (χ0v) is 10.2. The summed E-state index contributed by atoms with van der Waals surface area (Å²) in [5, 5.41) is 24.6. The Bertz CT molecular complexity index is 476. The van der Waals surface area contributed by atoms with E-state index in [0.29, 0.717) is 18.8 Å². The van der Waals surface area contributed by atoms with Crippen LogP contribution in [0.4, 0.5) is 0 Å². The number of hydrogen-bond acceptors (Lipinski definition) is 9. The maximum atomic E-state index is 9.77. The van der Waals surface area contributed by atoms with Crippen LogP contribution < -0.4 is 11.5 Å². The van der Waals surface area contributed by atoms with Crippen LogP contribution in [0, 0.1) is 0 Å². The first-order chi connectivity index (χ1) is 9.10. The summed E-state index contributed by atoms with van der Waals surface area (Å²) in [6.07, 6.45) is -1.11. The highest BCUT2D eigenvalue weighted by Gasteiger charge is 2.44. The van der Waals surface area contributed by atoms with Crippen molar-refractivity contribution in [3.05, 3.63) is 0 Å². The van der Waals surface area contributed by atoms with E-state index >= 15 is 0 Å². The molecule has 0 amide bonds. The van der Waals surface area contributed by atoms with Gasteiger partial charge in [0, 0.05) is 6.42 Å². The van der Waals surface area contributed by atoms with Gasteiger partial charge in [-0.1, -0.05) is 0 Å². The minimum absolute atomic E-state index is 0.0700. The highest BCUT2D eigenvalue weighted by Crippen LogP contribution is 2.28. The Morgan fingerprint density at radius 1 is 1.42 bits per heavy atom. The van der Waals surface area contributed by atoms with Crippen molar-refractivity contribution in [3.63, 3.8) is 0 Å². The Morgan fingerprint density at radius 2 is 2.21 bits per heavy atom. The number of hydrazone groups is 1. The van der Waals surface area contributed by atoms with Gasteiger partial charge in [-0.15, -0.1) is 5.10 Å². The van der Waals surface area contributed by atoms with Crippen LogP contribution in [0.5, 0.6) is 0 Å². The monoisotopic (exact) mass is 268 g/mol. The van der Waals surface area contributed by atoms with E-state index in [-0.39, 0.29) is 30.5 Å². The zero-order valence-electron chi connectivity index (χ0n) is 10.2. The van der Waals surface area contributed by atoms with E-state index in [1.807, 2.05) is 0 Å². The highest BCUT2D eigenvalue weighted by atomic mass is 16.5. The molecule has 4 atom stereocenters. The van der Waals surface area contributed by atoms with Gasteiger partial charge in [0.25, 0.3) is 0 Å². The van der Waals surface area contributed by atoms with E-state index < -0.39 is 12.2 Å². The number of aliphatic hydroxyl groups excluding tert-OH is 2. The molecule has 0 aromatic rings. The average molecular weight is 268 g/mol. The fourth-order valence-corrected chi connectivity index (χ4v) is 2.56. The number of guanidine groups is 1. The van der Waals surface area contributed by atoms with Crippen LogP contribution in [0.1, 0.15) is 6.42 Å². The van der Waals surface area contributed by atoms with Crippen molar-refractivity contribution in [2.45, 2.75) is 30.8 Å². The van der Waals surface area contributed by atoms with Gasteiger partial charge < -0.3 is 26.4 Å². The van der Waals surface area contributed by atoms with E-state index in [4.69, 9.17) is 21.3 Å². The normalized spacial score (nSPS) is 37.8. The first-order valence-corrected chi connectivity index (χ1v) is 6.07. The van der Waals surface area contributed by atoms with Gasteiger partial charge in [-0.05, 0) is 0 Å². The van der Waals surface area contributed by atoms with E-state index in [2.05, 4.69) is 15.1 Å². The molecule has 0 spiro atoms. The molecule has 3 aliphatic rings. The predicted octanol–water partition coefficient (Wildman–Crippen LogP) is -2.82. The van der Waals surface area contributed by atoms with Crippen molar-refractivity contribution in [2.75, 3.05) is 13.2 Å². The summed E-state index contributed by atoms with van der Waals surface area (Å²) in [5.41, 5.74) is 11.3. The topological polar surface area (TPSA) is 142 Å². The van der Waals surface area contributed by atoms with Crippen molar-refractivity contribution in [1.82, 2.24) is 5.01 Å². The second-order valence-corrected chi connectivity index (χ2v) is 4.73. The summed E-state index contributed by atoms with van der Waals surface area (Å²) in [4.78, 5) is 8.13. The number of fused-ring (bicyclic) bond motifs is 1. The molecule has 0 saturated carbocycles. The Labute approximate surface area is 109 Å². The van der Waals surface area contributed by atoms with Gasteiger partial charge in [0.1, 0.15) is 12.1 Å². The number of aliphatic imine (C=N–C) groups is 2. The Morgan fingerprint density at radius 3 is 2.89 bits per heavy atom. The molecular formula is C10H16N6O3. The molecule has 3 rings (SSSR count). The molecule has 0 aliphatic carbocycles. The van der Waals surface area contributed by atoms with Gasteiger partial charge in [0.15, 0.2) is 11.7 Å². The van der Waals surface area contributed by atoms with Crippen LogP contribution in [0.3, 0.4) is 0 Å². The summed E-state index contributed by atoms with van der Waals surface area (Å²) in [6, 6.07) is -0.186. The average Bonchev–Trinajstić information content (AvgIpc) is 2.92. The molecule has 0 bridgehead atoms. The van der Waals surface area contributed by atoms with Crippen LogP contribution in [0.25, 0.3) is 0 Å². The van der Waals surface area contributed by atoms with Gasteiger partial charge >= 0.3 is 0 Å². The number of amidine groups is 2. The molecule has 9 nitrogen and oxygen atoms in total.